The molecular weight excluding hydrogens is 629 g/mol. The van der Waals surface area contributed by atoms with E-state index in [1.807, 2.05) is 54.6 Å². The van der Waals surface area contributed by atoms with Gasteiger partial charge in [-0.1, -0.05) is 12.1 Å². The van der Waals surface area contributed by atoms with Crippen molar-refractivity contribution in [2.24, 2.45) is 0 Å². The van der Waals surface area contributed by atoms with Crippen LogP contribution in [0.3, 0.4) is 0 Å². The first kappa shape index (κ1) is 25.7. The van der Waals surface area contributed by atoms with E-state index in [2.05, 4.69) is 84.9 Å². The number of hydrogen-bond acceptors (Lipinski definition) is 4. The van der Waals surface area contributed by atoms with E-state index in [0.29, 0.717) is 17.5 Å². The van der Waals surface area contributed by atoms with Crippen molar-refractivity contribution in [2.45, 2.75) is 0 Å². The predicted molar refractivity (Wildman–Crippen MR) is 190 cm³/mol. The third-order valence-corrected chi connectivity index (χ3v) is 11.4. The summed E-state index contributed by atoms with van der Waals surface area (Å²) in [6.45, 7) is 0. The summed E-state index contributed by atoms with van der Waals surface area (Å²) in [5.41, 5.74) is 4.53. The normalized spacial score (nSPS) is 11.9. The van der Waals surface area contributed by atoms with E-state index in [1.165, 1.54) is 40.8 Å². The molecule has 0 amide bonds. The Kier molecular flexibility index (Phi) is 5.56. The summed E-state index contributed by atoms with van der Waals surface area (Å²) in [5, 5.41) is 10.1. The van der Waals surface area contributed by atoms with Crippen LogP contribution in [-0.4, -0.2) is 29.5 Å². The fourth-order valence-corrected chi connectivity index (χ4v) is 9.43. The van der Waals surface area contributed by atoms with Gasteiger partial charge in [-0.25, -0.2) is 0 Å². The number of hydrogen-bond donors (Lipinski definition) is 0. The van der Waals surface area contributed by atoms with Gasteiger partial charge in [-0.05, 0) is 0 Å². The molecule has 3 aromatic heterocycles. The first-order valence-corrected chi connectivity index (χ1v) is 17.0. The molecule has 46 heavy (non-hydrogen) atoms. The zero-order chi connectivity index (χ0) is 30.2. The molecule has 0 bridgehead atoms. The van der Waals surface area contributed by atoms with Gasteiger partial charge in [0.2, 0.25) is 0 Å². The predicted octanol–water partition coefficient (Wildman–Crippen LogP) is 10.4. The van der Waals surface area contributed by atoms with Gasteiger partial charge in [0, 0.05) is 0 Å². The molecule has 5 heteroatoms. The second-order valence-electron chi connectivity index (χ2n) is 11.6. The standard InChI is InChI=1S/C41H23N3OSe/c1-2-9-26(10-3-1)39-42-40(27-17-19-31-30-12-6-7-13-34(30)45-35(31)22-27)44-41(43-39)28-18-20-32-33-21-16-25-15-14-24-8-4-5-11-29(24)37(25)38(33)46-36(32)23-28/h1-23H. The minimum atomic E-state index is 0.148. The second kappa shape index (κ2) is 9.95. The molecule has 0 radical (unpaired) electrons. The third-order valence-electron chi connectivity index (χ3n) is 8.91. The average Bonchev–Trinajstić information content (AvgIpc) is 3.69. The molecule has 0 aliphatic carbocycles. The molecule has 214 valence electrons. The molecule has 0 aliphatic rings. The van der Waals surface area contributed by atoms with E-state index in [0.717, 1.165) is 38.6 Å². The first-order chi connectivity index (χ1) is 22.8. The summed E-state index contributed by atoms with van der Waals surface area (Å²) in [4.78, 5) is 15.1. The number of rotatable bonds is 3. The summed E-state index contributed by atoms with van der Waals surface area (Å²) >= 11 is 0.148. The maximum atomic E-state index is 6.21. The Morgan fingerprint density at radius 3 is 1.87 bits per heavy atom. The van der Waals surface area contributed by atoms with Crippen molar-refractivity contribution in [1.82, 2.24) is 15.0 Å². The molecule has 4 nitrogen and oxygen atoms in total. The molecule has 0 spiro atoms. The molecule has 0 fully saturated rings. The van der Waals surface area contributed by atoms with E-state index in [9.17, 15) is 0 Å². The van der Waals surface area contributed by atoms with Gasteiger partial charge in [-0.2, -0.15) is 0 Å². The molecule has 10 aromatic rings. The van der Waals surface area contributed by atoms with Crippen molar-refractivity contribution < 1.29 is 4.42 Å². The van der Waals surface area contributed by atoms with E-state index < -0.39 is 0 Å². The number of furan rings is 1. The van der Waals surface area contributed by atoms with Crippen LogP contribution in [0.4, 0.5) is 0 Å². The van der Waals surface area contributed by atoms with Crippen molar-refractivity contribution in [3.63, 3.8) is 0 Å². The topological polar surface area (TPSA) is 51.8 Å². The van der Waals surface area contributed by atoms with Crippen molar-refractivity contribution in [2.75, 3.05) is 0 Å². The van der Waals surface area contributed by atoms with Crippen molar-refractivity contribution in [3.05, 3.63) is 140 Å². The molecule has 10 rings (SSSR count). The van der Waals surface area contributed by atoms with Crippen LogP contribution in [0.15, 0.2) is 144 Å². The van der Waals surface area contributed by atoms with Gasteiger partial charge in [0.05, 0.1) is 0 Å². The van der Waals surface area contributed by atoms with E-state index in [4.69, 9.17) is 19.4 Å². The second-order valence-corrected chi connectivity index (χ2v) is 13.8. The van der Waals surface area contributed by atoms with Crippen LogP contribution in [0.5, 0.6) is 0 Å². The fourth-order valence-electron chi connectivity index (χ4n) is 6.68. The molecule has 0 unspecified atom stereocenters. The van der Waals surface area contributed by atoms with Crippen LogP contribution in [0, 0.1) is 0 Å². The van der Waals surface area contributed by atoms with Crippen LogP contribution >= 0.6 is 0 Å². The molecule has 0 saturated heterocycles. The zero-order valence-electron chi connectivity index (χ0n) is 24.4. The molecular formula is C41H23N3OSe. The van der Waals surface area contributed by atoms with Crippen molar-refractivity contribution >= 4 is 77.3 Å². The number of fused-ring (bicyclic) bond motifs is 10. The van der Waals surface area contributed by atoms with Gasteiger partial charge in [0.1, 0.15) is 0 Å². The van der Waals surface area contributed by atoms with Crippen LogP contribution in [0.1, 0.15) is 0 Å². The Labute approximate surface area is 269 Å². The number of nitrogens with zero attached hydrogens (tertiary/aromatic N) is 3. The van der Waals surface area contributed by atoms with Gasteiger partial charge < -0.3 is 0 Å². The molecule has 0 saturated carbocycles. The number of benzene rings is 7. The summed E-state index contributed by atoms with van der Waals surface area (Å²) in [6, 6.07) is 48.9. The van der Waals surface area contributed by atoms with Gasteiger partial charge in [-0.15, -0.1) is 0 Å². The van der Waals surface area contributed by atoms with Gasteiger partial charge in [0.15, 0.2) is 0 Å². The zero-order valence-corrected chi connectivity index (χ0v) is 26.2. The van der Waals surface area contributed by atoms with Gasteiger partial charge in [0.25, 0.3) is 0 Å². The SMILES string of the molecule is c1ccc(-c2nc(-c3ccc4c(c3)oc3ccccc34)nc(-c3ccc4c(c3)[se]c3c4ccc4ccc5ccccc5c43)n2)cc1. The Hall–Kier alpha value is -5.61. The van der Waals surface area contributed by atoms with Crippen molar-refractivity contribution in [3.8, 4) is 34.2 Å². The van der Waals surface area contributed by atoms with Gasteiger partial charge >= 0.3 is 258 Å². The average molecular weight is 653 g/mol. The molecule has 0 N–H and O–H groups in total. The quantitative estimate of drug-likeness (QED) is 0.141. The molecule has 0 aliphatic heterocycles. The van der Waals surface area contributed by atoms with E-state index >= 15 is 0 Å². The minimum absolute atomic E-state index is 0.148. The van der Waals surface area contributed by atoms with E-state index in [-0.39, 0.29) is 14.5 Å². The van der Waals surface area contributed by atoms with Crippen LogP contribution in [0.25, 0.3) is 96.9 Å². The number of para-hydroxylation sites is 1. The molecule has 3 heterocycles. The summed E-state index contributed by atoms with van der Waals surface area (Å²) in [7, 11) is 0. The summed E-state index contributed by atoms with van der Waals surface area (Å²) in [5.74, 6) is 1.94. The van der Waals surface area contributed by atoms with Crippen LogP contribution in [0.2, 0.25) is 0 Å². The van der Waals surface area contributed by atoms with Crippen LogP contribution < -0.4 is 0 Å². The molecule has 0 atom stereocenters. The molecule has 7 aromatic carbocycles. The Bertz CT molecular complexity index is 2820. The fraction of sp³-hybridized carbons (Fsp3) is 0. The van der Waals surface area contributed by atoms with Crippen molar-refractivity contribution in [1.29, 1.82) is 0 Å². The summed E-state index contributed by atoms with van der Waals surface area (Å²) < 4.78 is 9.02. The van der Waals surface area contributed by atoms with Gasteiger partial charge in [-0.3, -0.25) is 0 Å². The monoisotopic (exact) mass is 653 g/mol. The number of aromatic nitrogens is 3. The maximum absolute atomic E-state index is 6.21. The Balaban J connectivity index is 1.17. The first-order valence-electron chi connectivity index (χ1n) is 15.3. The summed E-state index contributed by atoms with van der Waals surface area (Å²) in [6.07, 6.45) is 0. The Morgan fingerprint density at radius 1 is 0.413 bits per heavy atom. The van der Waals surface area contributed by atoms with E-state index in [1.54, 1.807) is 0 Å². The Morgan fingerprint density at radius 2 is 1.02 bits per heavy atom. The van der Waals surface area contributed by atoms with Crippen LogP contribution in [-0.2, 0) is 0 Å². The third kappa shape index (κ3) is 3.96.